The van der Waals surface area contributed by atoms with Crippen LogP contribution in [-0.4, -0.2) is 63.2 Å². The average molecular weight is 497 g/mol. The molecule has 1 fully saturated rings. The normalized spacial score (nSPS) is 21.1. The number of carbonyl (C=O) groups excluding carboxylic acids is 3. The Morgan fingerprint density at radius 2 is 2.00 bits per heavy atom. The average Bonchev–Trinajstić information content (AvgIpc) is 3.43. The van der Waals surface area contributed by atoms with E-state index < -0.39 is 17.5 Å². The van der Waals surface area contributed by atoms with Gasteiger partial charge >= 0.3 is 0 Å². The summed E-state index contributed by atoms with van der Waals surface area (Å²) < 4.78 is 0. The highest BCUT2D eigenvalue weighted by Crippen LogP contribution is 2.46. The predicted molar refractivity (Wildman–Crippen MR) is 137 cm³/mol. The molecule has 0 aliphatic carbocycles. The first-order valence-corrected chi connectivity index (χ1v) is 12.3. The van der Waals surface area contributed by atoms with Crippen molar-refractivity contribution in [2.24, 2.45) is 5.92 Å². The smallest absolute Gasteiger partial charge is 0.255 e. The summed E-state index contributed by atoms with van der Waals surface area (Å²) in [5.74, 6) is -0.792. The van der Waals surface area contributed by atoms with E-state index in [2.05, 4.69) is 21.4 Å². The van der Waals surface area contributed by atoms with Crippen LogP contribution in [0, 0.1) is 17.2 Å². The second-order valence-electron chi connectivity index (χ2n) is 10.2. The Bertz CT molecular complexity index is 1450. The quantitative estimate of drug-likeness (QED) is 0.580. The van der Waals surface area contributed by atoms with Crippen molar-refractivity contribution < 1.29 is 14.4 Å². The fourth-order valence-corrected chi connectivity index (χ4v) is 5.46. The molecular formula is C28H28N6O3. The van der Waals surface area contributed by atoms with Crippen LogP contribution >= 0.6 is 0 Å². The van der Waals surface area contributed by atoms with Gasteiger partial charge in [0, 0.05) is 38.1 Å². The van der Waals surface area contributed by atoms with Gasteiger partial charge in [-0.15, -0.1) is 0 Å². The number of likely N-dealkylation sites (N-methyl/N-ethyl adjacent to an activating group) is 1. The number of nitriles is 1. The number of fused-ring (bicyclic) bond motifs is 3. The maximum Gasteiger partial charge on any atom is 0.255 e. The Hall–Kier alpha value is -4.32. The van der Waals surface area contributed by atoms with E-state index in [0.29, 0.717) is 28.7 Å². The fraction of sp³-hybridized carbons (Fsp3) is 0.357. The minimum absolute atomic E-state index is 0.0883. The topological polar surface area (TPSA) is 119 Å². The lowest BCUT2D eigenvalue weighted by molar-refractivity contribution is -0.136. The summed E-state index contributed by atoms with van der Waals surface area (Å²) in [5.41, 5.74) is 2.12. The first kappa shape index (κ1) is 24.4. The number of hydrogen-bond acceptors (Lipinski definition) is 6. The van der Waals surface area contributed by atoms with E-state index in [1.807, 2.05) is 44.2 Å². The number of benzene rings is 1. The Kier molecular flexibility index (Phi) is 6.12. The van der Waals surface area contributed by atoms with E-state index in [0.717, 1.165) is 5.56 Å². The maximum atomic E-state index is 14.0. The molecule has 2 aromatic heterocycles. The Morgan fingerprint density at radius 1 is 1.22 bits per heavy atom. The molecular weight excluding hydrogens is 468 g/mol. The van der Waals surface area contributed by atoms with Crippen molar-refractivity contribution in [1.29, 1.82) is 5.26 Å². The van der Waals surface area contributed by atoms with Crippen molar-refractivity contribution in [3.63, 3.8) is 0 Å². The summed E-state index contributed by atoms with van der Waals surface area (Å²) >= 11 is 0. The molecule has 3 aromatic rings. The molecule has 1 spiro atoms. The van der Waals surface area contributed by atoms with Crippen LogP contribution in [0.15, 0.2) is 54.9 Å². The molecule has 0 radical (unpaired) electrons. The molecule has 9 nitrogen and oxygen atoms in total. The number of likely N-dealkylation sites (tertiary alicyclic amines) is 1. The molecule has 3 amide bonds. The minimum Gasteiger partial charge on any atom is -0.330 e. The minimum atomic E-state index is -0.981. The molecule has 0 saturated carbocycles. The zero-order valence-electron chi connectivity index (χ0n) is 21.0. The first-order valence-electron chi connectivity index (χ1n) is 12.3. The highest BCUT2D eigenvalue weighted by atomic mass is 16.2. The van der Waals surface area contributed by atoms with Gasteiger partial charge in [-0.25, -0.2) is 0 Å². The molecule has 37 heavy (non-hydrogen) atoms. The van der Waals surface area contributed by atoms with Crippen LogP contribution in [0.4, 0.5) is 5.69 Å². The van der Waals surface area contributed by atoms with E-state index in [1.165, 1.54) is 16.0 Å². The molecule has 5 rings (SSSR count). The predicted octanol–water partition coefficient (Wildman–Crippen LogP) is 3.13. The molecule has 1 saturated heterocycles. The Morgan fingerprint density at radius 3 is 2.76 bits per heavy atom. The summed E-state index contributed by atoms with van der Waals surface area (Å²) in [6.07, 6.45) is 3.74. The number of amides is 3. The van der Waals surface area contributed by atoms with E-state index in [-0.39, 0.29) is 36.6 Å². The van der Waals surface area contributed by atoms with Crippen molar-refractivity contribution in [3.8, 4) is 6.07 Å². The molecule has 4 heterocycles. The zero-order chi connectivity index (χ0) is 26.3. The van der Waals surface area contributed by atoms with Crippen molar-refractivity contribution in [2.45, 2.75) is 44.2 Å². The van der Waals surface area contributed by atoms with E-state index in [9.17, 15) is 19.6 Å². The van der Waals surface area contributed by atoms with Gasteiger partial charge in [0.1, 0.15) is 12.1 Å². The van der Waals surface area contributed by atoms with Gasteiger partial charge in [0.15, 0.2) is 0 Å². The van der Waals surface area contributed by atoms with Crippen LogP contribution < -0.4 is 5.32 Å². The molecule has 2 aliphatic heterocycles. The largest absolute Gasteiger partial charge is 0.330 e. The summed E-state index contributed by atoms with van der Waals surface area (Å²) in [5, 5.41) is 12.9. The summed E-state index contributed by atoms with van der Waals surface area (Å²) in [7, 11) is 1.60. The van der Waals surface area contributed by atoms with Gasteiger partial charge in [0.25, 0.3) is 5.91 Å². The molecule has 0 bridgehead atoms. The van der Waals surface area contributed by atoms with Crippen LogP contribution in [0.5, 0.6) is 0 Å². The summed E-state index contributed by atoms with van der Waals surface area (Å²) in [6, 6.07) is 13.3. The van der Waals surface area contributed by atoms with E-state index >= 15 is 0 Å². The van der Waals surface area contributed by atoms with Crippen LogP contribution in [0.2, 0.25) is 0 Å². The van der Waals surface area contributed by atoms with Crippen LogP contribution in [0.3, 0.4) is 0 Å². The summed E-state index contributed by atoms with van der Waals surface area (Å²) in [4.78, 5) is 52.2. The van der Waals surface area contributed by atoms with Crippen molar-refractivity contribution >= 4 is 34.4 Å². The van der Waals surface area contributed by atoms with Gasteiger partial charge in [0.05, 0.1) is 28.1 Å². The lowest BCUT2D eigenvalue weighted by Gasteiger charge is -2.33. The highest BCUT2D eigenvalue weighted by molar-refractivity contribution is 6.07. The monoisotopic (exact) mass is 496 g/mol. The summed E-state index contributed by atoms with van der Waals surface area (Å²) in [6.45, 7) is 4.05. The number of rotatable bonds is 5. The van der Waals surface area contributed by atoms with E-state index in [1.54, 1.807) is 25.4 Å². The zero-order valence-corrected chi connectivity index (χ0v) is 21.0. The van der Waals surface area contributed by atoms with Gasteiger partial charge in [-0.05, 0) is 42.2 Å². The number of anilines is 1. The van der Waals surface area contributed by atoms with Crippen LogP contribution in [-0.2, 0) is 15.0 Å². The number of nitrogens with zero attached hydrogens (tertiary/aromatic N) is 5. The molecule has 9 heteroatoms. The van der Waals surface area contributed by atoms with Crippen LogP contribution in [0.1, 0.15) is 42.6 Å². The number of carbonyl (C=O) groups is 3. The van der Waals surface area contributed by atoms with Crippen molar-refractivity contribution in [3.05, 3.63) is 66.0 Å². The van der Waals surface area contributed by atoms with E-state index in [4.69, 9.17) is 0 Å². The van der Waals surface area contributed by atoms with Gasteiger partial charge in [-0.1, -0.05) is 32.0 Å². The van der Waals surface area contributed by atoms with Crippen molar-refractivity contribution in [1.82, 2.24) is 19.8 Å². The number of aromatic nitrogens is 2. The third kappa shape index (κ3) is 4.08. The molecule has 1 N–H and O–H groups in total. The first-order chi connectivity index (χ1) is 17.7. The molecule has 188 valence electrons. The standard InChI is InChI=1S/C28H28N6O3/c1-17(2)11-24(33(3)25(35)18-12-23-22(31-15-18)9-6-10-30-23)26(36)34-16-28(13-19(34)14-29)20-7-4-5-8-21(20)32-27(28)37/h4-10,12,15,17,19,24H,11,13,16H2,1-3H3,(H,32,37)/t19-,24-,28-/m0/s1. The van der Waals surface area contributed by atoms with Gasteiger partial charge in [-0.2, -0.15) is 5.26 Å². The van der Waals surface area contributed by atoms with Gasteiger partial charge < -0.3 is 15.1 Å². The maximum absolute atomic E-state index is 14.0. The Balaban J connectivity index is 1.46. The SMILES string of the molecule is CC(C)C[C@@H](C(=O)N1C[C@]2(C[C@H]1C#N)C(=O)Nc1ccccc12)N(C)C(=O)c1cnc2cccnc2c1. The van der Waals surface area contributed by atoms with Gasteiger partial charge in [0.2, 0.25) is 11.8 Å². The second kappa shape index (κ2) is 9.28. The lowest BCUT2D eigenvalue weighted by Crippen LogP contribution is -2.52. The van der Waals surface area contributed by atoms with Crippen LogP contribution in [0.25, 0.3) is 11.0 Å². The highest BCUT2D eigenvalue weighted by Gasteiger charge is 2.56. The van der Waals surface area contributed by atoms with Gasteiger partial charge in [-0.3, -0.25) is 24.4 Å². The third-order valence-corrected chi connectivity index (χ3v) is 7.38. The lowest BCUT2D eigenvalue weighted by atomic mass is 9.80. The number of para-hydroxylation sites is 1. The molecule has 1 aromatic carbocycles. The number of nitrogens with one attached hydrogen (secondary N) is 1. The fourth-order valence-electron chi connectivity index (χ4n) is 5.46. The second-order valence-corrected chi connectivity index (χ2v) is 10.2. The molecule has 0 unspecified atom stereocenters. The molecule has 3 atom stereocenters. The van der Waals surface area contributed by atoms with Crippen molar-refractivity contribution in [2.75, 3.05) is 18.9 Å². The Labute approximate surface area is 215 Å². The number of pyridine rings is 2. The third-order valence-electron chi connectivity index (χ3n) is 7.38. The number of hydrogen-bond donors (Lipinski definition) is 1. The molecule has 2 aliphatic rings.